The lowest BCUT2D eigenvalue weighted by molar-refractivity contribution is 0.390. The van der Waals surface area contributed by atoms with Gasteiger partial charge in [-0.3, -0.25) is 0 Å². The molecule has 1 fully saturated rings. The van der Waals surface area contributed by atoms with Gasteiger partial charge in [0, 0.05) is 0 Å². The molecule has 1 unspecified atom stereocenters. The van der Waals surface area contributed by atoms with Gasteiger partial charge in [-0.25, -0.2) is 0 Å². The lowest BCUT2D eigenvalue weighted by Crippen LogP contribution is -2.08. The van der Waals surface area contributed by atoms with Crippen molar-refractivity contribution in [2.24, 2.45) is 5.41 Å². The van der Waals surface area contributed by atoms with Crippen LogP contribution in [0.15, 0.2) is 0 Å². The smallest absolute Gasteiger partial charge is 0.0109 e. The second-order valence-corrected chi connectivity index (χ2v) is 2.94. The first-order chi connectivity index (χ1) is 3.77. The third-order valence-electron chi connectivity index (χ3n) is 2.24. The molecule has 8 heavy (non-hydrogen) atoms. The summed E-state index contributed by atoms with van der Waals surface area (Å²) in [6.07, 6.45) is 8.71. The van der Waals surface area contributed by atoms with E-state index in [-0.39, 0.29) is 0 Å². The van der Waals surface area contributed by atoms with Crippen molar-refractivity contribution < 1.29 is 0 Å². The molecule has 1 aliphatic rings. The van der Waals surface area contributed by atoms with E-state index in [2.05, 4.69) is 20.3 Å². The van der Waals surface area contributed by atoms with Gasteiger partial charge in [0.1, 0.15) is 0 Å². The maximum atomic E-state index is 3.48. The molecule has 2 radical (unpaired) electrons. The molecule has 1 aliphatic carbocycles. The second-order valence-electron chi connectivity index (χ2n) is 2.94. The Labute approximate surface area is 52.3 Å². The Hall–Kier alpha value is 0. The van der Waals surface area contributed by atoms with Crippen LogP contribution in [0.2, 0.25) is 0 Å². The summed E-state index contributed by atoms with van der Waals surface area (Å²) < 4.78 is 0. The molecule has 0 aromatic heterocycles. The first-order valence-electron chi connectivity index (χ1n) is 3.52. The van der Waals surface area contributed by atoms with Crippen molar-refractivity contribution in [3.05, 3.63) is 6.42 Å². The van der Waals surface area contributed by atoms with Gasteiger partial charge in [-0.1, -0.05) is 26.7 Å². The van der Waals surface area contributed by atoms with Crippen molar-refractivity contribution in [1.29, 1.82) is 0 Å². The molecule has 0 N–H and O–H groups in total. The highest BCUT2D eigenvalue weighted by atomic mass is 14.3. The maximum absolute atomic E-state index is 3.48. The van der Waals surface area contributed by atoms with E-state index >= 15 is 0 Å². The van der Waals surface area contributed by atoms with E-state index in [1.165, 1.54) is 25.7 Å². The first kappa shape index (κ1) is 6.12. The van der Waals surface area contributed by atoms with Gasteiger partial charge in [0.05, 0.1) is 0 Å². The van der Waals surface area contributed by atoms with Crippen LogP contribution in [0.1, 0.15) is 39.5 Å². The summed E-state index contributed by atoms with van der Waals surface area (Å²) in [6, 6.07) is 0. The van der Waals surface area contributed by atoms with Gasteiger partial charge in [0.25, 0.3) is 0 Å². The van der Waals surface area contributed by atoms with Crippen LogP contribution in [0, 0.1) is 11.8 Å². The lowest BCUT2D eigenvalue weighted by Gasteiger charge is -2.18. The van der Waals surface area contributed by atoms with Crippen LogP contribution < -0.4 is 0 Å². The molecule has 0 heterocycles. The quantitative estimate of drug-likeness (QED) is 0.487. The van der Waals surface area contributed by atoms with Gasteiger partial charge in [-0.15, -0.1) is 0 Å². The Kier molecular flexibility index (Phi) is 1.59. The summed E-state index contributed by atoms with van der Waals surface area (Å²) in [7, 11) is 0. The van der Waals surface area contributed by atoms with Gasteiger partial charge >= 0.3 is 0 Å². The minimum atomic E-state index is 0.486. The van der Waals surface area contributed by atoms with Crippen LogP contribution in [0.4, 0.5) is 0 Å². The van der Waals surface area contributed by atoms with Crippen LogP contribution in [-0.2, 0) is 0 Å². The van der Waals surface area contributed by atoms with Crippen molar-refractivity contribution in [2.45, 2.75) is 39.5 Å². The van der Waals surface area contributed by atoms with E-state index in [0.717, 1.165) is 0 Å². The zero-order chi connectivity index (χ0) is 6.04. The average molecular weight is 110 g/mol. The van der Waals surface area contributed by atoms with E-state index in [0.29, 0.717) is 5.41 Å². The normalized spacial score (nSPS) is 26.2. The fraction of sp³-hybridized carbons (Fsp3) is 0.875. The Morgan fingerprint density at radius 2 is 2.38 bits per heavy atom. The topological polar surface area (TPSA) is 0 Å². The van der Waals surface area contributed by atoms with Crippen LogP contribution in [0.5, 0.6) is 0 Å². The molecule has 1 saturated carbocycles. The van der Waals surface area contributed by atoms with Crippen molar-refractivity contribution in [3.63, 3.8) is 0 Å². The van der Waals surface area contributed by atoms with Gasteiger partial charge in [0.15, 0.2) is 0 Å². The first-order valence-corrected chi connectivity index (χ1v) is 3.52. The van der Waals surface area contributed by atoms with Gasteiger partial charge in [-0.2, -0.15) is 0 Å². The molecule has 0 spiro atoms. The van der Waals surface area contributed by atoms with Crippen molar-refractivity contribution in [3.8, 4) is 0 Å². The predicted octanol–water partition coefficient (Wildman–Crippen LogP) is 2.67. The third-order valence-corrected chi connectivity index (χ3v) is 2.24. The molecule has 0 amide bonds. The SMILES string of the molecule is CCC1(C)[C]CCC1. The number of hydrogen-bond donors (Lipinski definition) is 0. The second kappa shape index (κ2) is 2.08. The molecule has 0 heteroatoms. The van der Waals surface area contributed by atoms with Gasteiger partial charge < -0.3 is 0 Å². The van der Waals surface area contributed by atoms with E-state index in [9.17, 15) is 0 Å². The van der Waals surface area contributed by atoms with Crippen LogP contribution in [0.25, 0.3) is 0 Å². The summed E-state index contributed by atoms with van der Waals surface area (Å²) >= 11 is 0. The highest BCUT2D eigenvalue weighted by Crippen LogP contribution is 2.38. The van der Waals surface area contributed by atoms with Crippen molar-refractivity contribution in [1.82, 2.24) is 0 Å². The van der Waals surface area contributed by atoms with Crippen LogP contribution >= 0.6 is 0 Å². The summed E-state index contributed by atoms with van der Waals surface area (Å²) in [5, 5.41) is 0. The summed E-state index contributed by atoms with van der Waals surface area (Å²) in [4.78, 5) is 0. The standard InChI is InChI=1S/C8H14/c1-3-8(2)6-4-5-7-8/h3-6H2,1-2H3. The number of hydrogen-bond acceptors (Lipinski definition) is 0. The molecule has 0 bridgehead atoms. The van der Waals surface area contributed by atoms with Crippen LogP contribution in [0.3, 0.4) is 0 Å². The molecule has 46 valence electrons. The van der Waals surface area contributed by atoms with Gasteiger partial charge in [0.2, 0.25) is 0 Å². The van der Waals surface area contributed by atoms with Crippen molar-refractivity contribution >= 4 is 0 Å². The molecule has 1 rings (SSSR count). The lowest BCUT2D eigenvalue weighted by atomic mass is 9.86. The van der Waals surface area contributed by atoms with E-state index in [1.807, 2.05) is 0 Å². The molecule has 0 aliphatic heterocycles. The Morgan fingerprint density at radius 3 is 2.62 bits per heavy atom. The molecular weight excluding hydrogens is 96.1 g/mol. The molecule has 0 aromatic carbocycles. The Bertz CT molecular complexity index is 68.1. The Balaban J connectivity index is 2.40. The molecule has 1 atom stereocenters. The molecule has 0 saturated heterocycles. The predicted molar refractivity (Wildman–Crippen MR) is 35.5 cm³/mol. The monoisotopic (exact) mass is 110 g/mol. The summed E-state index contributed by atoms with van der Waals surface area (Å²) in [5.41, 5.74) is 0.486. The average Bonchev–Trinajstić information content (AvgIpc) is 2.17. The maximum Gasteiger partial charge on any atom is -0.0109 e. The summed E-state index contributed by atoms with van der Waals surface area (Å²) in [5.74, 6) is 0. The third kappa shape index (κ3) is 1.04. The minimum absolute atomic E-state index is 0.486. The zero-order valence-corrected chi connectivity index (χ0v) is 5.83. The molecular formula is C8H14. The summed E-state index contributed by atoms with van der Waals surface area (Å²) in [6.45, 7) is 4.55. The minimum Gasteiger partial charge on any atom is -0.0648 e. The van der Waals surface area contributed by atoms with E-state index in [4.69, 9.17) is 0 Å². The largest absolute Gasteiger partial charge is 0.0648 e. The molecule has 0 nitrogen and oxygen atoms in total. The molecule has 0 aromatic rings. The number of rotatable bonds is 1. The fourth-order valence-corrected chi connectivity index (χ4v) is 1.26. The van der Waals surface area contributed by atoms with Crippen molar-refractivity contribution in [2.75, 3.05) is 0 Å². The highest BCUT2D eigenvalue weighted by molar-refractivity contribution is 4.93. The fourth-order valence-electron chi connectivity index (χ4n) is 1.26. The van der Waals surface area contributed by atoms with Gasteiger partial charge in [-0.05, 0) is 24.7 Å². The van der Waals surface area contributed by atoms with E-state index < -0.39 is 0 Å². The highest BCUT2D eigenvalue weighted by Gasteiger charge is 2.26. The Morgan fingerprint density at radius 1 is 1.62 bits per heavy atom. The zero-order valence-electron chi connectivity index (χ0n) is 5.83. The van der Waals surface area contributed by atoms with Crippen LogP contribution in [-0.4, -0.2) is 0 Å². The van der Waals surface area contributed by atoms with E-state index in [1.54, 1.807) is 0 Å².